The number of hydrogen-bond donors (Lipinski definition) is 1. The van der Waals surface area contributed by atoms with Crippen LogP contribution in [0.4, 0.5) is 4.39 Å². The van der Waals surface area contributed by atoms with Gasteiger partial charge in [0, 0.05) is 18.0 Å². The first kappa shape index (κ1) is 13.8. The molecule has 0 aliphatic rings. The average Bonchev–Trinajstić information content (AvgIpc) is 2.19. The molecule has 0 saturated heterocycles. The molecular formula is C12H16Cl2FN. The molecule has 1 aromatic carbocycles. The Kier molecular flexibility index (Phi) is 5.53. The summed E-state index contributed by atoms with van der Waals surface area (Å²) in [4.78, 5) is 0. The number of benzene rings is 1. The molecular weight excluding hydrogens is 248 g/mol. The number of nitrogens with one attached hydrogen (secondary N) is 1. The zero-order valence-corrected chi connectivity index (χ0v) is 10.9. The molecule has 0 radical (unpaired) electrons. The fourth-order valence-corrected chi connectivity index (χ4v) is 2.00. The first-order chi connectivity index (χ1) is 7.50. The Hall–Kier alpha value is -0.310. The van der Waals surface area contributed by atoms with Gasteiger partial charge < -0.3 is 5.32 Å². The van der Waals surface area contributed by atoms with Crippen molar-refractivity contribution in [2.45, 2.75) is 38.2 Å². The molecule has 0 bridgehead atoms. The molecule has 0 fully saturated rings. The minimum absolute atomic E-state index is 0.130. The molecule has 4 heteroatoms. The van der Waals surface area contributed by atoms with Crippen LogP contribution in [0.25, 0.3) is 0 Å². The van der Waals surface area contributed by atoms with Crippen molar-refractivity contribution in [1.82, 2.24) is 5.32 Å². The summed E-state index contributed by atoms with van der Waals surface area (Å²) in [6, 6.07) is 5.12. The van der Waals surface area contributed by atoms with E-state index in [9.17, 15) is 4.39 Å². The normalized spacial score (nSPS) is 14.8. The second kappa shape index (κ2) is 6.43. The summed E-state index contributed by atoms with van der Waals surface area (Å²) in [6.45, 7) is 4.56. The van der Waals surface area contributed by atoms with Crippen molar-refractivity contribution < 1.29 is 4.39 Å². The van der Waals surface area contributed by atoms with Crippen LogP contribution in [0.1, 0.15) is 25.8 Å². The van der Waals surface area contributed by atoms with Crippen molar-refractivity contribution in [2.75, 3.05) is 0 Å². The first-order valence-electron chi connectivity index (χ1n) is 5.31. The standard InChI is InChI=1S/C12H16Cl2FN/c1-8(13)6-9(2)16-7-10-4-3-5-11(15)12(10)14/h3-5,8-9,16H,6-7H2,1-2H3. The van der Waals surface area contributed by atoms with E-state index in [2.05, 4.69) is 5.32 Å². The number of hydrogen-bond acceptors (Lipinski definition) is 1. The highest BCUT2D eigenvalue weighted by Crippen LogP contribution is 2.19. The lowest BCUT2D eigenvalue weighted by molar-refractivity contribution is 0.510. The van der Waals surface area contributed by atoms with Gasteiger partial charge in [-0.15, -0.1) is 11.6 Å². The molecule has 90 valence electrons. The van der Waals surface area contributed by atoms with Crippen LogP contribution >= 0.6 is 23.2 Å². The van der Waals surface area contributed by atoms with Crippen molar-refractivity contribution >= 4 is 23.2 Å². The second-order valence-electron chi connectivity index (χ2n) is 4.01. The van der Waals surface area contributed by atoms with Crippen molar-refractivity contribution in [3.05, 3.63) is 34.6 Å². The van der Waals surface area contributed by atoms with Crippen LogP contribution < -0.4 is 5.32 Å². The molecule has 1 rings (SSSR count). The summed E-state index contributed by atoms with van der Waals surface area (Å²) in [5.74, 6) is -0.376. The molecule has 2 unspecified atom stereocenters. The van der Waals surface area contributed by atoms with Gasteiger partial charge in [-0.25, -0.2) is 4.39 Å². The van der Waals surface area contributed by atoms with Gasteiger partial charge in [-0.1, -0.05) is 23.7 Å². The van der Waals surface area contributed by atoms with Crippen LogP contribution in [-0.4, -0.2) is 11.4 Å². The van der Waals surface area contributed by atoms with E-state index in [1.807, 2.05) is 19.9 Å². The molecule has 16 heavy (non-hydrogen) atoms. The highest BCUT2D eigenvalue weighted by molar-refractivity contribution is 6.31. The smallest absolute Gasteiger partial charge is 0.142 e. The van der Waals surface area contributed by atoms with E-state index in [4.69, 9.17) is 23.2 Å². The van der Waals surface area contributed by atoms with E-state index < -0.39 is 0 Å². The summed E-state index contributed by atoms with van der Waals surface area (Å²) in [5, 5.41) is 3.59. The topological polar surface area (TPSA) is 12.0 Å². The lowest BCUT2D eigenvalue weighted by atomic mass is 10.1. The summed E-state index contributed by atoms with van der Waals surface area (Å²) in [7, 11) is 0. The summed E-state index contributed by atoms with van der Waals surface area (Å²) < 4.78 is 13.1. The van der Waals surface area contributed by atoms with Crippen LogP contribution in [0.3, 0.4) is 0 Å². The van der Waals surface area contributed by atoms with Crippen molar-refractivity contribution in [1.29, 1.82) is 0 Å². The molecule has 0 aliphatic heterocycles. The molecule has 1 aromatic rings. The van der Waals surface area contributed by atoms with E-state index in [-0.39, 0.29) is 22.3 Å². The molecule has 0 aliphatic carbocycles. The Bertz CT molecular complexity index is 342. The molecule has 0 amide bonds. The predicted octanol–water partition coefficient (Wildman–Crippen LogP) is 3.97. The van der Waals surface area contributed by atoms with E-state index in [1.54, 1.807) is 6.07 Å². The Morgan fingerprint density at radius 1 is 1.38 bits per heavy atom. The summed E-state index contributed by atoms with van der Waals surface area (Å²) in [6.07, 6.45) is 0.870. The molecule has 0 aromatic heterocycles. The van der Waals surface area contributed by atoms with Crippen molar-refractivity contribution in [3.8, 4) is 0 Å². The molecule has 0 spiro atoms. The lowest BCUT2D eigenvalue weighted by Gasteiger charge is -2.15. The maximum atomic E-state index is 13.1. The van der Waals surface area contributed by atoms with E-state index in [0.717, 1.165) is 12.0 Å². The second-order valence-corrected chi connectivity index (χ2v) is 5.13. The quantitative estimate of drug-likeness (QED) is 0.793. The monoisotopic (exact) mass is 263 g/mol. The minimum Gasteiger partial charge on any atom is -0.310 e. The fourth-order valence-electron chi connectivity index (χ4n) is 1.54. The molecule has 1 N–H and O–H groups in total. The van der Waals surface area contributed by atoms with Crippen LogP contribution in [0, 0.1) is 5.82 Å². The fraction of sp³-hybridized carbons (Fsp3) is 0.500. The Balaban J connectivity index is 2.51. The lowest BCUT2D eigenvalue weighted by Crippen LogP contribution is -2.27. The van der Waals surface area contributed by atoms with Gasteiger partial charge in [0.15, 0.2) is 0 Å². The third-order valence-corrected chi connectivity index (χ3v) is 2.95. The maximum Gasteiger partial charge on any atom is 0.142 e. The summed E-state index contributed by atoms with van der Waals surface area (Å²) >= 11 is 11.7. The van der Waals surface area contributed by atoms with Crippen LogP contribution in [-0.2, 0) is 6.54 Å². The highest BCUT2D eigenvalue weighted by atomic mass is 35.5. The van der Waals surface area contributed by atoms with Crippen LogP contribution in [0.15, 0.2) is 18.2 Å². The van der Waals surface area contributed by atoms with Gasteiger partial charge in [0.1, 0.15) is 5.82 Å². The number of halogens is 3. The van der Waals surface area contributed by atoms with Crippen LogP contribution in [0.5, 0.6) is 0 Å². The van der Waals surface area contributed by atoms with Gasteiger partial charge >= 0.3 is 0 Å². The van der Waals surface area contributed by atoms with Gasteiger partial charge in [0.2, 0.25) is 0 Å². The Morgan fingerprint density at radius 3 is 2.69 bits per heavy atom. The van der Waals surface area contributed by atoms with Gasteiger partial charge in [0.25, 0.3) is 0 Å². The van der Waals surface area contributed by atoms with Gasteiger partial charge in [-0.05, 0) is 31.9 Å². The Labute approximate surface area is 106 Å². The van der Waals surface area contributed by atoms with Gasteiger partial charge in [-0.2, -0.15) is 0 Å². The first-order valence-corrected chi connectivity index (χ1v) is 6.12. The third-order valence-electron chi connectivity index (χ3n) is 2.35. The Morgan fingerprint density at radius 2 is 2.06 bits per heavy atom. The molecule has 1 nitrogen and oxygen atoms in total. The van der Waals surface area contributed by atoms with E-state index in [1.165, 1.54) is 6.07 Å². The maximum absolute atomic E-state index is 13.1. The van der Waals surface area contributed by atoms with Gasteiger partial charge in [-0.3, -0.25) is 0 Å². The minimum atomic E-state index is -0.376. The number of rotatable bonds is 5. The summed E-state index contributed by atoms with van der Waals surface area (Å²) in [5.41, 5.74) is 0.774. The predicted molar refractivity (Wildman–Crippen MR) is 67.6 cm³/mol. The van der Waals surface area contributed by atoms with E-state index >= 15 is 0 Å². The van der Waals surface area contributed by atoms with E-state index in [0.29, 0.717) is 6.54 Å². The highest BCUT2D eigenvalue weighted by Gasteiger charge is 2.08. The third kappa shape index (κ3) is 4.28. The van der Waals surface area contributed by atoms with Crippen LogP contribution in [0.2, 0.25) is 5.02 Å². The van der Waals surface area contributed by atoms with Gasteiger partial charge in [0.05, 0.1) is 5.02 Å². The number of alkyl halides is 1. The van der Waals surface area contributed by atoms with Crippen molar-refractivity contribution in [2.24, 2.45) is 0 Å². The SMILES string of the molecule is CC(Cl)CC(C)NCc1cccc(F)c1Cl. The zero-order valence-electron chi connectivity index (χ0n) is 9.43. The van der Waals surface area contributed by atoms with Crippen molar-refractivity contribution in [3.63, 3.8) is 0 Å². The molecule has 0 saturated carbocycles. The average molecular weight is 264 g/mol. The zero-order chi connectivity index (χ0) is 12.1. The molecule has 0 heterocycles. The largest absolute Gasteiger partial charge is 0.310 e. The molecule has 2 atom stereocenters.